The van der Waals surface area contributed by atoms with Gasteiger partial charge < -0.3 is 15.0 Å². The molecule has 1 aliphatic heterocycles. The number of carbonyl (C=O) groups is 1. The van der Waals surface area contributed by atoms with Crippen LogP contribution in [0.15, 0.2) is 0 Å². The van der Waals surface area contributed by atoms with Crippen LogP contribution in [0.25, 0.3) is 0 Å². The van der Waals surface area contributed by atoms with Gasteiger partial charge in [-0.15, -0.1) is 0 Å². The topological polar surface area (TPSA) is 41.6 Å². The van der Waals surface area contributed by atoms with Gasteiger partial charge in [0.2, 0.25) is 0 Å². The first kappa shape index (κ1) is 18.1. The van der Waals surface area contributed by atoms with Crippen LogP contribution in [0.1, 0.15) is 53.4 Å². The molecule has 0 radical (unpaired) electrons. The molecule has 0 spiro atoms. The number of ether oxygens (including phenoxy) is 1. The van der Waals surface area contributed by atoms with Crippen molar-refractivity contribution in [1.29, 1.82) is 0 Å². The normalized spacial score (nSPS) is 21.5. The summed E-state index contributed by atoms with van der Waals surface area (Å²) >= 11 is 0. The van der Waals surface area contributed by atoms with Crippen molar-refractivity contribution in [2.75, 3.05) is 13.1 Å². The van der Waals surface area contributed by atoms with E-state index in [1.54, 1.807) is 4.90 Å². The molecule has 0 aliphatic carbocycles. The number of alkyl halides is 2. The van der Waals surface area contributed by atoms with Crippen molar-refractivity contribution in [2.45, 2.75) is 77.5 Å². The first-order chi connectivity index (χ1) is 9.69. The van der Waals surface area contributed by atoms with Crippen LogP contribution < -0.4 is 5.32 Å². The SMILES string of the molecule is CC(CC1CCCCN1C(=O)OC(C)(C)C)NCC(F)F. The highest BCUT2D eigenvalue weighted by Gasteiger charge is 2.31. The lowest BCUT2D eigenvalue weighted by atomic mass is 9.97. The van der Waals surface area contributed by atoms with E-state index in [2.05, 4.69) is 5.32 Å². The number of amides is 1. The third-order valence-corrected chi connectivity index (χ3v) is 3.50. The predicted molar refractivity (Wildman–Crippen MR) is 78.7 cm³/mol. The molecule has 1 rings (SSSR count). The second-order valence-corrected chi connectivity index (χ2v) is 6.76. The average molecular weight is 306 g/mol. The molecule has 0 bridgehead atoms. The zero-order valence-corrected chi connectivity index (χ0v) is 13.5. The Kier molecular flexibility index (Phi) is 6.84. The van der Waals surface area contributed by atoms with Crippen molar-refractivity contribution >= 4 is 6.09 Å². The molecule has 0 aromatic rings. The second kappa shape index (κ2) is 7.92. The fraction of sp³-hybridized carbons (Fsp3) is 0.933. The van der Waals surface area contributed by atoms with E-state index in [4.69, 9.17) is 4.74 Å². The zero-order valence-electron chi connectivity index (χ0n) is 13.5. The summed E-state index contributed by atoms with van der Waals surface area (Å²) in [5, 5.41) is 2.81. The Bertz CT molecular complexity index is 332. The molecular formula is C15H28F2N2O2. The molecule has 0 saturated carbocycles. The lowest BCUT2D eigenvalue weighted by molar-refractivity contribution is 0.00763. The van der Waals surface area contributed by atoms with Gasteiger partial charge in [-0.25, -0.2) is 13.6 Å². The van der Waals surface area contributed by atoms with Crippen molar-refractivity contribution in [3.05, 3.63) is 0 Å². The van der Waals surface area contributed by atoms with Crippen LogP contribution >= 0.6 is 0 Å². The van der Waals surface area contributed by atoms with Crippen molar-refractivity contribution in [3.8, 4) is 0 Å². The molecule has 2 atom stereocenters. The number of rotatable bonds is 5. The molecule has 0 aromatic heterocycles. The van der Waals surface area contributed by atoms with Gasteiger partial charge in [0, 0.05) is 18.6 Å². The Hall–Kier alpha value is -0.910. The fourth-order valence-corrected chi connectivity index (χ4v) is 2.59. The van der Waals surface area contributed by atoms with E-state index in [1.165, 1.54) is 0 Å². The molecule has 6 heteroatoms. The minimum absolute atomic E-state index is 0.0490. The maximum Gasteiger partial charge on any atom is 0.410 e. The Morgan fingerprint density at radius 1 is 1.38 bits per heavy atom. The average Bonchev–Trinajstić information content (AvgIpc) is 2.35. The fourth-order valence-electron chi connectivity index (χ4n) is 2.59. The van der Waals surface area contributed by atoms with Crippen LogP contribution in [0.3, 0.4) is 0 Å². The highest BCUT2D eigenvalue weighted by atomic mass is 19.3. The highest BCUT2D eigenvalue weighted by Crippen LogP contribution is 2.23. The quantitative estimate of drug-likeness (QED) is 0.846. The van der Waals surface area contributed by atoms with Crippen LogP contribution in [0, 0.1) is 0 Å². The summed E-state index contributed by atoms with van der Waals surface area (Å²) in [6.07, 6.45) is 0.959. The van der Waals surface area contributed by atoms with E-state index in [0.717, 1.165) is 19.3 Å². The van der Waals surface area contributed by atoms with Crippen molar-refractivity contribution in [1.82, 2.24) is 10.2 Å². The van der Waals surface area contributed by atoms with E-state index in [0.29, 0.717) is 13.0 Å². The highest BCUT2D eigenvalue weighted by molar-refractivity contribution is 5.68. The zero-order chi connectivity index (χ0) is 16.0. The summed E-state index contributed by atoms with van der Waals surface area (Å²) in [5.41, 5.74) is -0.515. The molecule has 1 aliphatic rings. The molecule has 124 valence electrons. The summed E-state index contributed by atoms with van der Waals surface area (Å²) in [6.45, 7) is 7.79. The van der Waals surface area contributed by atoms with Crippen LogP contribution in [-0.2, 0) is 4.74 Å². The van der Waals surface area contributed by atoms with Gasteiger partial charge in [-0.05, 0) is 53.4 Å². The summed E-state index contributed by atoms with van der Waals surface area (Å²) in [4.78, 5) is 14.0. The molecule has 21 heavy (non-hydrogen) atoms. The number of carbonyl (C=O) groups excluding carboxylic acids is 1. The molecule has 1 amide bonds. The first-order valence-corrected chi connectivity index (χ1v) is 7.70. The molecular weight excluding hydrogens is 278 g/mol. The molecule has 4 nitrogen and oxygen atoms in total. The molecule has 1 fully saturated rings. The van der Waals surface area contributed by atoms with Crippen LogP contribution in [0.2, 0.25) is 0 Å². The number of halogens is 2. The van der Waals surface area contributed by atoms with Crippen LogP contribution in [-0.4, -0.2) is 48.2 Å². The van der Waals surface area contributed by atoms with E-state index in [-0.39, 0.29) is 24.7 Å². The van der Waals surface area contributed by atoms with Crippen molar-refractivity contribution in [2.24, 2.45) is 0 Å². The Morgan fingerprint density at radius 2 is 2.05 bits per heavy atom. The Morgan fingerprint density at radius 3 is 2.62 bits per heavy atom. The molecule has 1 N–H and O–H groups in total. The van der Waals surface area contributed by atoms with Gasteiger partial charge in [-0.2, -0.15) is 0 Å². The molecule has 2 unspecified atom stereocenters. The maximum atomic E-state index is 12.2. The predicted octanol–water partition coefficient (Wildman–Crippen LogP) is 3.41. The second-order valence-electron chi connectivity index (χ2n) is 6.76. The van der Waals surface area contributed by atoms with Crippen molar-refractivity contribution in [3.63, 3.8) is 0 Å². The van der Waals surface area contributed by atoms with E-state index >= 15 is 0 Å². The van der Waals surface area contributed by atoms with Crippen molar-refractivity contribution < 1.29 is 18.3 Å². The monoisotopic (exact) mass is 306 g/mol. The molecule has 1 heterocycles. The van der Waals surface area contributed by atoms with Gasteiger partial charge in [-0.3, -0.25) is 0 Å². The van der Waals surface area contributed by atoms with Gasteiger partial charge >= 0.3 is 6.09 Å². The Balaban J connectivity index is 2.54. The minimum Gasteiger partial charge on any atom is -0.444 e. The van der Waals surface area contributed by atoms with E-state index < -0.39 is 12.0 Å². The Labute approximate surface area is 126 Å². The van der Waals surface area contributed by atoms with Gasteiger partial charge in [0.15, 0.2) is 0 Å². The van der Waals surface area contributed by atoms with Gasteiger partial charge in [-0.1, -0.05) is 0 Å². The van der Waals surface area contributed by atoms with E-state index in [9.17, 15) is 13.6 Å². The number of hydrogen-bond donors (Lipinski definition) is 1. The van der Waals surface area contributed by atoms with Crippen LogP contribution in [0.5, 0.6) is 0 Å². The van der Waals surface area contributed by atoms with Gasteiger partial charge in [0.25, 0.3) is 6.43 Å². The molecule has 0 aromatic carbocycles. The smallest absolute Gasteiger partial charge is 0.410 e. The lowest BCUT2D eigenvalue weighted by Gasteiger charge is -2.38. The number of hydrogen-bond acceptors (Lipinski definition) is 3. The standard InChI is InChI=1S/C15H28F2N2O2/c1-11(18-10-13(16)17)9-12-7-5-6-8-19(12)14(20)21-15(2,3)4/h11-13,18H,5-10H2,1-4H3. The third-order valence-electron chi connectivity index (χ3n) is 3.50. The largest absolute Gasteiger partial charge is 0.444 e. The number of likely N-dealkylation sites (tertiary alicyclic amines) is 1. The van der Waals surface area contributed by atoms with Gasteiger partial charge in [0.1, 0.15) is 5.60 Å². The minimum atomic E-state index is -2.35. The van der Waals surface area contributed by atoms with Gasteiger partial charge in [0.05, 0.1) is 6.54 Å². The van der Waals surface area contributed by atoms with Crippen LogP contribution in [0.4, 0.5) is 13.6 Å². The maximum absolute atomic E-state index is 12.2. The lowest BCUT2D eigenvalue weighted by Crippen LogP contribution is -2.48. The number of piperidine rings is 1. The number of nitrogens with zero attached hydrogens (tertiary/aromatic N) is 1. The summed E-state index contributed by atoms with van der Waals surface area (Å²) in [7, 11) is 0. The van der Waals surface area contributed by atoms with E-state index in [1.807, 2.05) is 27.7 Å². The first-order valence-electron chi connectivity index (χ1n) is 7.70. The number of nitrogens with one attached hydrogen (secondary N) is 1. The third kappa shape index (κ3) is 7.07. The molecule has 1 saturated heterocycles. The summed E-state index contributed by atoms with van der Waals surface area (Å²) in [6, 6.07) is 0.0146. The summed E-state index contributed by atoms with van der Waals surface area (Å²) < 4.78 is 29.9. The summed E-state index contributed by atoms with van der Waals surface area (Å²) in [5.74, 6) is 0.